The molecule has 0 saturated heterocycles. The van der Waals surface area contributed by atoms with Crippen molar-refractivity contribution in [1.29, 1.82) is 0 Å². The summed E-state index contributed by atoms with van der Waals surface area (Å²) in [6, 6.07) is 0. The summed E-state index contributed by atoms with van der Waals surface area (Å²) in [5.41, 5.74) is 6.52. The Morgan fingerprint density at radius 3 is 2.89 bits per heavy atom. The summed E-state index contributed by atoms with van der Waals surface area (Å²) >= 11 is 1.24. The summed E-state index contributed by atoms with van der Waals surface area (Å²) < 4.78 is 5.03. The Labute approximate surface area is 112 Å². The summed E-state index contributed by atoms with van der Waals surface area (Å²) in [6.45, 7) is 2.19. The normalized spacial score (nSPS) is 16.1. The van der Waals surface area contributed by atoms with Crippen molar-refractivity contribution in [3.8, 4) is 0 Å². The Bertz CT molecular complexity index is 411. The van der Waals surface area contributed by atoms with Crippen LogP contribution in [0.5, 0.6) is 0 Å². The standard InChI is InChI=1S/C13H20N2O2S/c1-2-17-12(16)11-10(15-13(14)18-11)8-7-9-5-3-4-6-9/h9H,2-8H2,1H3,(H2,14,15). The fourth-order valence-electron chi connectivity index (χ4n) is 2.54. The molecule has 1 aromatic rings. The molecule has 0 aromatic carbocycles. The lowest BCUT2D eigenvalue weighted by molar-refractivity contribution is 0.0530. The molecule has 4 nitrogen and oxygen atoms in total. The maximum absolute atomic E-state index is 11.8. The zero-order valence-electron chi connectivity index (χ0n) is 10.8. The second kappa shape index (κ2) is 6.18. The first-order chi connectivity index (χ1) is 8.70. The van der Waals surface area contributed by atoms with E-state index < -0.39 is 0 Å². The number of nitrogen functional groups attached to an aromatic ring is 1. The number of hydrogen-bond acceptors (Lipinski definition) is 5. The third kappa shape index (κ3) is 3.22. The number of carbonyl (C=O) groups is 1. The highest BCUT2D eigenvalue weighted by molar-refractivity contribution is 7.17. The number of aryl methyl sites for hydroxylation is 1. The van der Waals surface area contributed by atoms with E-state index in [1.807, 2.05) is 0 Å². The number of nitrogens with two attached hydrogens (primary N) is 1. The van der Waals surface area contributed by atoms with E-state index in [9.17, 15) is 4.79 Å². The molecule has 2 rings (SSSR count). The monoisotopic (exact) mass is 268 g/mol. The van der Waals surface area contributed by atoms with Crippen LogP contribution in [0.1, 0.15) is 54.4 Å². The van der Waals surface area contributed by atoms with Gasteiger partial charge in [-0.25, -0.2) is 9.78 Å². The molecular weight excluding hydrogens is 248 g/mol. The van der Waals surface area contributed by atoms with Crippen LogP contribution >= 0.6 is 11.3 Å². The van der Waals surface area contributed by atoms with Gasteiger partial charge in [-0.1, -0.05) is 37.0 Å². The second-order valence-electron chi connectivity index (χ2n) is 4.74. The molecule has 18 heavy (non-hydrogen) atoms. The highest BCUT2D eigenvalue weighted by atomic mass is 32.1. The molecule has 2 N–H and O–H groups in total. The number of nitrogens with zero attached hydrogens (tertiary/aromatic N) is 1. The molecule has 0 aliphatic heterocycles. The second-order valence-corrected chi connectivity index (χ2v) is 5.77. The van der Waals surface area contributed by atoms with E-state index in [1.54, 1.807) is 6.92 Å². The fourth-order valence-corrected chi connectivity index (χ4v) is 3.31. The van der Waals surface area contributed by atoms with Crippen molar-refractivity contribution in [2.24, 2.45) is 5.92 Å². The molecule has 1 aromatic heterocycles. The minimum atomic E-state index is -0.284. The summed E-state index contributed by atoms with van der Waals surface area (Å²) in [6.07, 6.45) is 7.26. The number of rotatable bonds is 5. The van der Waals surface area contributed by atoms with E-state index in [0.717, 1.165) is 24.5 Å². The maximum Gasteiger partial charge on any atom is 0.350 e. The van der Waals surface area contributed by atoms with Gasteiger partial charge in [0.1, 0.15) is 4.88 Å². The van der Waals surface area contributed by atoms with Crippen molar-refractivity contribution in [1.82, 2.24) is 4.98 Å². The number of thiazole rings is 1. The van der Waals surface area contributed by atoms with E-state index >= 15 is 0 Å². The molecule has 1 fully saturated rings. The van der Waals surface area contributed by atoms with Crippen molar-refractivity contribution in [2.45, 2.75) is 45.4 Å². The predicted molar refractivity (Wildman–Crippen MR) is 72.8 cm³/mol. The first-order valence-corrected chi connectivity index (χ1v) is 7.44. The fraction of sp³-hybridized carbons (Fsp3) is 0.692. The molecule has 1 heterocycles. The summed E-state index contributed by atoms with van der Waals surface area (Å²) in [5.74, 6) is 0.510. The Morgan fingerprint density at radius 1 is 1.50 bits per heavy atom. The highest BCUT2D eigenvalue weighted by Gasteiger charge is 2.20. The third-order valence-electron chi connectivity index (χ3n) is 3.44. The van der Waals surface area contributed by atoms with Crippen LogP contribution in [-0.4, -0.2) is 17.6 Å². The largest absolute Gasteiger partial charge is 0.462 e. The lowest BCUT2D eigenvalue weighted by Gasteiger charge is -2.07. The van der Waals surface area contributed by atoms with Crippen LogP contribution in [0.15, 0.2) is 0 Å². The van der Waals surface area contributed by atoms with Crippen LogP contribution in [0.2, 0.25) is 0 Å². The first kappa shape index (κ1) is 13.3. The molecule has 0 bridgehead atoms. The van der Waals surface area contributed by atoms with Crippen LogP contribution in [0.3, 0.4) is 0 Å². The molecule has 1 aliphatic rings. The van der Waals surface area contributed by atoms with E-state index in [2.05, 4.69) is 4.98 Å². The van der Waals surface area contributed by atoms with Crippen LogP contribution in [0.4, 0.5) is 5.13 Å². The van der Waals surface area contributed by atoms with Gasteiger partial charge in [-0.2, -0.15) is 0 Å². The van der Waals surface area contributed by atoms with Gasteiger partial charge in [-0.3, -0.25) is 0 Å². The Morgan fingerprint density at radius 2 is 2.22 bits per heavy atom. The SMILES string of the molecule is CCOC(=O)c1sc(N)nc1CCC1CCCC1. The van der Waals surface area contributed by atoms with Gasteiger partial charge in [0.2, 0.25) is 0 Å². The molecule has 0 spiro atoms. The van der Waals surface area contributed by atoms with E-state index in [0.29, 0.717) is 16.6 Å². The molecule has 0 radical (unpaired) electrons. The molecule has 100 valence electrons. The van der Waals surface area contributed by atoms with Gasteiger partial charge < -0.3 is 10.5 Å². The number of carbonyl (C=O) groups excluding carboxylic acids is 1. The molecule has 5 heteroatoms. The molecular formula is C13H20N2O2S. The van der Waals surface area contributed by atoms with Gasteiger partial charge in [0.15, 0.2) is 5.13 Å². The van der Waals surface area contributed by atoms with E-state index in [1.165, 1.54) is 37.0 Å². The number of hydrogen-bond donors (Lipinski definition) is 1. The zero-order chi connectivity index (χ0) is 13.0. The average Bonchev–Trinajstić information content (AvgIpc) is 2.95. The molecule has 0 amide bonds. The molecule has 1 saturated carbocycles. The summed E-state index contributed by atoms with van der Waals surface area (Å²) in [7, 11) is 0. The van der Waals surface area contributed by atoms with Crippen molar-refractivity contribution in [3.05, 3.63) is 10.6 Å². The summed E-state index contributed by atoms with van der Waals surface area (Å²) in [5, 5.41) is 0.458. The van der Waals surface area contributed by atoms with E-state index in [-0.39, 0.29) is 5.97 Å². The van der Waals surface area contributed by atoms with Crippen molar-refractivity contribution in [3.63, 3.8) is 0 Å². The first-order valence-electron chi connectivity index (χ1n) is 6.63. The quantitative estimate of drug-likeness (QED) is 0.834. The van der Waals surface area contributed by atoms with E-state index in [4.69, 9.17) is 10.5 Å². The number of anilines is 1. The summed E-state index contributed by atoms with van der Waals surface area (Å²) in [4.78, 5) is 16.6. The zero-order valence-corrected chi connectivity index (χ0v) is 11.6. The van der Waals surface area contributed by atoms with Crippen molar-refractivity contribution < 1.29 is 9.53 Å². The number of ether oxygens (including phenoxy) is 1. The van der Waals surface area contributed by atoms with Crippen LogP contribution in [0.25, 0.3) is 0 Å². The Kier molecular flexibility index (Phi) is 4.58. The smallest absolute Gasteiger partial charge is 0.350 e. The Balaban J connectivity index is 1.99. The lowest BCUT2D eigenvalue weighted by atomic mass is 10.0. The van der Waals surface area contributed by atoms with Gasteiger partial charge in [-0.05, 0) is 25.7 Å². The molecule has 0 atom stereocenters. The van der Waals surface area contributed by atoms with Gasteiger partial charge in [0.05, 0.1) is 12.3 Å². The maximum atomic E-state index is 11.8. The van der Waals surface area contributed by atoms with Gasteiger partial charge in [-0.15, -0.1) is 0 Å². The number of aromatic nitrogens is 1. The van der Waals surface area contributed by atoms with Crippen LogP contribution in [0, 0.1) is 5.92 Å². The number of esters is 1. The highest BCUT2D eigenvalue weighted by Crippen LogP contribution is 2.30. The van der Waals surface area contributed by atoms with Crippen molar-refractivity contribution >= 4 is 22.4 Å². The average molecular weight is 268 g/mol. The topological polar surface area (TPSA) is 65.2 Å². The van der Waals surface area contributed by atoms with Gasteiger partial charge >= 0.3 is 5.97 Å². The predicted octanol–water partition coefficient (Wildman–Crippen LogP) is 3.02. The minimum Gasteiger partial charge on any atom is -0.462 e. The van der Waals surface area contributed by atoms with Crippen molar-refractivity contribution in [2.75, 3.05) is 12.3 Å². The molecule has 0 unspecified atom stereocenters. The minimum absolute atomic E-state index is 0.284. The van der Waals surface area contributed by atoms with Gasteiger partial charge in [0.25, 0.3) is 0 Å². The van der Waals surface area contributed by atoms with Crippen LogP contribution < -0.4 is 5.73 Å². The third-order valence-corrected chi connectivity index (χ3v) is 4.35. The Hall–Kier alpha value is -1.10. The molecule has 1 aliphatic carbocycles. The van der Waals surface area contributed by atoms with Gasteiger partial charge in [0, 0.05) is 0 Å². The lowest BCUT2D eigenvalue weighted by Crippen LogP contribution is -2.07. The van der Waals surface area contributed by atoms with Crippen LogP contribution in [-0.2, 0) is 11.2 Å².